The molecule has 0 bridgehead atoms. The molecule has 0 saturated heterocycles. The van der Waals surface area contributed by atoms with E-state index in [1.165, 1.54) is 29.2 Å². The van der Waals surface area contributed by atoms with Crippen LogP contribution < -0.4 is 4.90 Å². The Kier molecular flexibility index (Phi) is 6.43. The molecule has 0 unspecified atom stereocenters. The van der Waals surface area contributed by atoms with E-state index < -0.39 is 5.97 Å². The van der Waals surface area contributed by atoms with E-state index in [9.17, 15) is 14.7 Å². The van der Waals surface area contributed by atoms with E-state index in [0.29, 0.717) is 27.1 Å². The zero-order valence-corrected chi connectivity index (χ0v) is 18.6. The molecule has 0 aliphatic heterocycles. The average Bonchev–Trinajstić information content (AvgIpc) is 3.12. The minimum absolute atomic E-state index is 0.0304. The molecule has 0 fully saturated rings. The van der Waals surface area contributed by atoms with Crippen LogP contribution in [0.4, 0.5) is 10.8 Å². The second-order valence-electron chi connectivity index (χ2n) is 6.97. The molecule has 0 aliphatic rings. The number of anilines is 2. The third kappa shape index (κ3) is 4.63. The number of phenolic OH excluding ortho intramolecular Hbond substituents is 1. The first-order chi connectivity index (χ1) is 14.2. The van der Waals surface area contributed by atoms with Crippen LogP contribution in [0.1, 0.15) is 39.7 Å². The van der Waals surface area contributed by atoms with Gasteiger partial charge in [0.1, 0.15) is 12.4 Å². The number of halogens is 1. The second-order valence-corrected chi connectivity index (χ2v) is 8.21. The van der Waals surface area contributed by atoms with Gasteiger partial charge < -0.3 is 9.84 Å². The molecule has 1 N–H and O–H groups in total. The number of hydrogen-bond acceptors (Lipinski definition) is 6. The lowest BCUT2D eigenvalue weighted by Gasteiger charge is -2.22. The van der Waals surface area contributed by atoms with E-state index in [2.05, 4.69) is 4.98 Å². The van der Waals surface area contributed by atoms with Crippen LogP contribution in [0.15, 0.2) is 35.7 Å². The minimum Gasteiger partial charge on any atom is -0.508 e. The lowest BCUT2D eigenvalue weighted by Crippen LogP contribution is -2.24. The fourth-order valence-electron chi connectivity index (χ4n) is 3.00. The van der Waals surface area contributed by atoms with Crippen molar-refractivity contribution >= 4 is 45.6 Å². The number of ether oxygens (including phenoxy) is 1. The van der Waals surface area contributed by atoms with Gasteiger partial charge in [0.2, 0.25) is 5.91 Å². The molecule has 6 nitrogen and oxygen atoms in total. The highest BCUT2D eigenvalue weighted by Crippen LogP contribution is 2.37. The number of carbonyl (C=O) groups excluding carboxylic acids is 2. The summed E-state index contributed by atoms with van der Waals surface area (Å²) >= 11 is 7.68. The number of aryl methyl sites for hydroxylation is 3. The van der Waals surface area contributed by atoms with Crippen molar-refractivity contribution in [3.8, 4) is 5.75 Å². The Labute approximate surface area is 183 Å². The number of aromatic hydroxyl groups is 1. The number of nitrogens with zero attached hydrogens (tertiary/aromatic N) is 2. The number of aromatic nitrogens is 1. The molecule has 1 amide bonds. The van der Waals surface area contributed by atoms with Gasteiger partial charge in [0, 0.05) is 12.3 Å². The Hall–Kier alpha value is -2.90. The Morgan fingerprint density at radius 2 is 1.90 bits per heavy atom. The zero-order chi connectivity index (χ0) is 22.0. The van der Waals surface area contributed by atoms with E-state index in [1.54, 1.807) is 30.5 Å². The fraction of sp³-hybridized carbons (Fsp3) is 0.227. The lowest BCUT2D eigenvalue weighted by atomic mass is 10.1. The highest BCUT2D eigenvalue weighted by atomic mass is 35.5. The third-order valence-corrected chi connectivity index (χ3v) is 5.63. The summed E-state index contributed by atoms with van der Waals surface area (Å²) in [5, 5.41) is 12.4. The average molecular weight is 445 g/mol. The predicted octanol–water partition coefficient (Wildman–Crippen LogP) is 5.47. The second kappa shape index (κ2) is 8.85. The molecule has 30 heavy (non-hydrogen) atoms. The molecule has 156 valence electrons. The number of rotatable bonds is 5. The van der Waals surface area contributed by atoms with Crippen molar-refractivity contribution in [2.45, 2.75) is 34.3 Å². The third-order valence-electron chi connectivity index (χ3n) is 4.46. The van der Waals surface area contributed by atoms with Gasteiger partial charge in [-0.05, 0) is 55.7 Å². The molecule has 3 aromatic rings. The van der Waals surface area contributed by atoms with Gasteiger partial charge >= 0.3 is 5.97 Å². The summed E-state index contributed by atoms with van der Waals surface area (Å²) in [4.78, 5) is 30.5. The first kappa shape index (κ1) is 21.8. The van der Waals surface area contributed by atoms with Crippen LogP contribution in [0, 0.1) is 20.8 Å². The maximum absolute atomic E-state index is 12.4. The van der Waals surface area contributed by atoms with Gasteiger partial charge in [-0.25, -0.2) is 9.78 Å². The van der Waals surface area contributed by atoms with Crippen molar-refractivity contribution in [1.29, 1.82) is 0 Å². The molecule has 1 heterocycles. The summed E-state index contributed by atoms with van der Waals surface area (Å²) in [6.45, 7) is 6.95. The van der Waals surface area contributed by atoms with E-state index in [4.69, 9.17) is 16.3 Å². The topological polar surface area (TPSA) is 79.7 Å². The van der Waals surface area contributed by atoms with Crippen molar-refractivity contribution in [3.05, 3.63) is 68.7 Å². The van der Waals surface area contributed by atoms with Crippen LogP contribution >= 0.6 is 22.9 Å². The molecule has 0 saturated carbocycles. The zero-order valence-electron chi connectivity index (χ0n) is 17.0. The summed E-state index contributed by atoms with van der Waals surface area (Å²) in [7, 11) is 0. The predicted molar refractivity (Wildman–Crippen MR) is 118 cm³/mol. The smallest absolute Gasteiger partial charge is 0.338 e. The maximum atomic E-state index is 12.4. The van der Waals surface area contributed by atoms with E-state index >= 15 is 0 Å². The number of thiazole rings is 1. The normalized spacial score (nSPS) is 10.7. The van der Waals surface area contributed by atoms with Crippen LogP contribution in [0.2, 0.25) is 5.02 Å². The fourth-order valence-corrected chi connectivity index (χ4v) is 4.27. The molecule has 2 aromatic carbocycles. The Morgan fingerprint density at radius 1 is 1.17 bits per heavy atom. The molecule has 0 aliphatic carbocycles. The van der Waals surface area contributed by atoms with Crippen molar-refractivity contribution in [2.24, 2.45) is 0 Å². The Bertz CT molecular complexity index is 1100. The number of amides is 1. The van der Waals surface area contributed by atoms with Gasteiger partial charge in [-0.3, -0.25) is 9.69 Å². The molecule has 8 heteroatoms. The standard InChI is InChI=1S/C22H21ClN2O4S/c1-12-7-14(3)20(18(23)8-12)25(15(4)26)22-24-17(11-30-22)10-29-21(28)16-6-5-13(2)19(27)9-16/h5-9,11,27H,10H2,1-4H3. The highest BCUT2D eigenvalue weighted by molar-refractivity contribution is 7.14. The first-order valence-corrected chi connectivity index (χ1v) is 10.4. The number of phenols is 1. The molecule has 0 atom stereocenters. The van der Waals surface area contributed by atoms with Crippen molar-refractivity contribution < 1.29 is 19.4 Å². The van der Waals surface area contributed by atoms with Crippen molar-refractivity contribution in [3.63, 3.8) is 0 Å². The quantitative estimate of drug-likeness (QED) is 0.528. The molecule has 0 spiro atoms. The molecule has 0 radical (unpaired) electrons. The van der Waals surface area contributed by atoms with Crippen molar-refractivity contribution in [2.75, 3.05) is 4.90 Å². The van der Waals surface area contributed by atoms with Crippen LogP contribution in [-0.2, 0) is 16.1 Å². The lowest BCUT2D eigenvalue weighted by molar-refractivity contribution is -0.115. The molecule has 1 aromatic heterocycles. The first-order valence-electron chi connectivity index (χ1n) is 9.16. The largest absolute Gasteiger partial charge is 0.508 e. The maximum Gasteiger partial charge on any atom is 0.338 e. The summed E-state index contributed by atoms with van der Waals surface area (Å²) in [5.41, 5.74) is 3.87. The van der Waals surface area contributed by atoms with Crippen LogP contribution in [0.5, 0.6) is 5.75 Å². The van der Waals surface area contributed by atoms with E-state index in [0.717, 1.165) is 11.1 Å². The molecular formula is C22H21ClN2O4S. The van der Waals surface area contributed by atoms with Gasteiger partial charge in [-0.2, -0.15) is 0 Å². The van der Waals surface area contributed by atoms with E-state index in [1.807, 2.05) is 19.9 Å². The number of esters is 1. The Morgan fingerprint density at radius 3 is 2.53 bits per heavy atom. The van der Waals surface area contributed by atoms with Gasteiger partial charge in [-0.1, -0.05) is 23.7 Å². The number of hydrogen-bond donors (Lipinski definition) is 1. The van der Waals surface area contributed by atoms with Gasteiger partial charge in [0.25, 0.3) is 0 Å². The van der Waals surface area contributed by atoms with Gasteiger partial charge in [0.15, 0.2) is 5.13 Å². The summed E-state index contributed by atoms with van der Waals surface area (Å²) in [6, 6.07) is 8.34. The molecular weight excluding hydrogens is 424 g/mol. The monoisotopic (exact) mass is 444 g/mol. The SMILES string of the molecule is CC(=O)N(c1nc(COC(=O)c2ccc(C)c(O)c2)cs1)c1c(C)cc(C)cc1Cl. The Balaban J connectivity index is 1.79. The number of benzene rings is 2. The molecule has 3 rings (SSSR count). The summed E-state index contributed by atoms with van der Waals surface area (Å²) in [6.07, 6.45) is 0. The summed E-state index contributed by atoms with van der Waals surface area (Å²) in [5.74, 6) is -0.764. The highest BCUT2D eigenvalue weighted by Gasteiger charge is 2.23. The van der Waals surface area contributed by atoms with Crippen LogP contribution in [0.3, 0.4) is 0 Å². The minimum atomic E-state index is -0.569. The number of carbonyl (C=O) groups is 2. The van der Waals surface area contributed by atoms with Crippen molar-refractivity contribution in [1.82, 2.24) is 4.98 Å². The summed E-state index contributed by atoms with van der Waals surface area (Å²) < 4.78 is 5.30. The van der Waals surface area contributed by atoms with Crippen LogP contribution in [0.25, 0.3) is 0 Å². The van der Waals surface area contributed by atoms with E-state index in [-0.39, 0.29) is 23.8 Å². The van der Waals surface area contributed by atoms with Gasteiger partial charge in [-0.15, -0.1) is 11.3 Å². The van der Waals surface area contributed by atoms with Gasteiger partial charge in [0.05, 0.1) is 22.0 Å². The van der Waals surface area contributed by atoms with Crippen LogP contribution in [-0.4, -0.2) is 22.0 Å².